The Morgan fingerprint density at radius 1 is 1.38 bits per heavy atom. The van der Waals surface area contributed by atoms with E-state index in [-0.39, 0.29) is 11.9 Å². The fraction of sp³-hybridized carbons (Fsp3) is 0.474. The molecule has 1 aromatic carbocycles. The van der Waals surface area contributed by atoms with Crippen LogP contribution >= 0.6 is 0 Å². The molecule has 1 fully saturated rings. The summed E-state index contributed by atoms with van der Waals surface area (Å²) in [5.41, 5.74) is 2.04. The van der Waals surface area contributed by atoms with Crippen molar-refractivity contribution in [3.8, 4) is 11.3 Å². The number of carbonyl (C=O) groups excluding carboxylic acids is 1. The molecule has 1 heterocycles. The van der Waals surface area contributed by atoms with E-state index >= 15 is 0 Å². The molecule has 0 spiro atoms. The van der Waals surface area contributed by atoms with Crippen LogP contribution in [0.4, 0.5) is 0 Å². The van der Waals surface area contributed by atoms with E-state index in [9.17, 15) is 4.79 Å². The van der Waals surface area contributed by atoms with Crippen LogP contribution in [-0.4, -0.2) is 28.6 Å². The molecule has 3 rings (SSSR count). The lowest BCUT2D eigenvalue weighted by molar-refractivity contribution is -0.132. The predicted molar refractivity (Wildman–Crippen MR) is 93.3 cm³/mol. The van der Waals surface area contributed by atoms with E-state index in [4.69, 9.17) is 4.74 Å². The van der Waals surface area contributed by atoms with E-state index in [2.05, 4.69) is 15.3 Å². The van der Waals surface area contributed by atoms with Gasteiger partial charge in [0.15, 0.2) is 0 Å². The Balaban J connectivity index is 1.61. The van der Waals surface area contributed by atoms with Gasteiger partial charge in [-0.3, -0.25) is 4.79 Å². The molecule has 0 radical (unpaired) electrons. The molecule has 1 aromatic heterocycles. The van der Waals surface area contributed by atoms with E-state index in [1.165, 1.54) is 12.8 Å². The first-order chi connectivity index (χ1) is 11.7. The first-order valence-corrected chi connectivity index (χ1v) is 8.69. The molecule has 24 heavy (non-hydrogen) atoms. The van der Waals surface area contributed by atoms with E-state index in [1.54, 1.807) is 0 Å². The van der Waals surface area contributed by atoms with Crippen molar-refractivity contribution in [3.05, 3.63) is 42.4 Å². The van der Waals surface area contributed by atoms with E-state index in [0.717, 1.165) is 23.5 Å². The third-order valence-electron chi connectivity index (χ3n) is 4.38. The van der Waals surface area contributed by atoms with Gasteiger partial charge in [-0.2, -0.15) is 0 Å². The quantitative estimate of drug-likeness (QED) is 0.780. The summed E-state index contributed by atoms with van der Waals surface area (Å²) in [6.07, 6.45) is 4.60. The molecule has 5 nitrogen and oxygen atoms in total. The van der Waals surface area contributed by atoms with E-state index < -0.39 is 6.10 Å². The topological polar surface area (TPSA) is 67.0 Å². The molecule has 2 atom stereocenters. The van der Waals surface area contributed by atoms with Crippen molar-refractivity contribution in [1.82, 2.24) is 15.3 Å². The number of amides is 1. The Kier molecular flexibility index (Phi) is 5.30. The first-order valence-electron chi connectivity index (χ1n) is 8.69. The van der Waals surface area contributed by atoms with Crippen LogP contribution in [-0.2, 0) is 9.53 Å². The number of hydrogen-bond donors (Lipinski definition) is 2. The van der Waals surface area contributed by atoms with Gasteiger partial charge in [0, 0.05) is 0 Å². The molecule has 128 valence electrons. The van der Waals surface area contributed by atoms with Gasteiger partial charge in [-0.05, 0) is 37.7 Å². The van der Waals surface area contributed by atoms with Crippen LogP contribution in [0, 0.1) is 5.92 Å². The number of imidazole rings is 1. The molecule has 0 saturated heterocycles. The van der Waals surface area contributed by atoms with Crippen LogP contribution in [0.25, 0.3) is 11.3 Å². The maximum Gasteiger partial charge on any atom is 0.249 e. The number of hydrogen-bond acceptors (Lipinski definition) is 3. The minimum absolute atomic E-state index is 0.0832. The molecule has 2 N–H and O–H groups in total. The summed E-state index contributed by atoms with van der Waals surface area (Å²) in [5, 5.41) is 3.03. The summed E-state index contributed by atoms with van der Waals surface area (Å²) in [4.78, 5) is 20.1. The summed E-state index contributed by atoms with van der Waals surface area (Å²) >= 11 is 0. The lowest BCUT2D eigenvalue weighted by Gasteiger charge is -2.18. The summed E-state index contributed by atoms with van der Waals surface area (Å²) < 4.78 is 5.64. The zero-order chi connectivity index (χ0) is 16.9. The Labute approximate surface area is 142 Å². The zero-order valence-corrected chi connectivity index (χ0v) is 14.3. The van der Waals surface area contributed by atoms with Gasteiger partial charge in [0.25, 0.3) is 0 Å². The van der Waals surface area contributed by atoms with Gasteiger partial charge in [0.05, 0.1) is 24.5 Å². The van der Waals surface area contributed by atoms with E-state index in [0.29, 0.717) is 12.5 Å². The van der Waals surface area contributed by atoms with Crippen LogP contribution in [0.2, 0.25) is 0 Å². The standard InChI is InChI=1S/C19H25N3O2/c1-3-16(22-19(23)13(2)24-12-14-9-10-14)18-20-11-17(21-18)15-7-5-4-6-8-15/h4-8,11,13-14,16H,3,9-10,12H2,1-2H3,(H,20,21)(H,22,23)/t13-,16-/m1/s1. The second kappa shape index (κ2) is 7.62. The molecule has 0 unspecified atom stereocenters. The molecular formula is C19H25N3O2. The SMILES string of the molecule is CC[C@@H](NC(=O)[C@@H](C)OCC1CC1)c1ncc(-c2ccccc2)[nH]1. The zero-order valence-electron chi connectivity index (χ0n) is 14.3. The fourth-order valence-corrected chi connectivity index (χ4v) is 2.57. The maximum atomic E-state index is 12.3. The van der Waals surface area contributed by atoms with Gasteiger partial charge in [-0.1, -0.05) is 37.3 Å². The molecule has 1 aliphatic rings. The summed E-state index contributed by atoms with van der Waals surface area (Å²) in [6.45, 7) is 4.53. The number of carbonyl (C=O) groups is 1. The van der Waals surface area contributed by atoms with Gasteiger partial charge >= 0.3 is 0 Å². The minimum Gasteiger partial charge on any atom is -0.368 e. The number of rotatable bonds is 8. The Bertz CT molecular complexity index is 664. The molecular weight excluding hydrogens is 302 g/mol. The highest BCUT2D eigenvalue weighted by atomic mass is 16.5. The third-order valence-corrected chi connectivity index (χ3v) is 4.38. The fourth-order valence-electron chi connectivity index (χ4n) is 2.57. The summed E-state index contributed by atoms with van der Waals surface area (Å²) in [7, 11) is 0. The van der Waals surface area contributed by atoms with E-state index in [1.807, 2.05) is 50.4 Å². The maximum absolute atomic E-state index is 12.3. The monoisotopic (exact) mass is 327 g/mol. The predicted octanol–water partition coefficient (Wildman–Crippen LogP) is 3.46. The van der Waals surface area contributed by atoms with Crippen molar-refractivity contribution in [3.63, 3.8) is 0 Å². The number of nitrogens with zero attached hydrogens (tertiary/aromatic N) is 1. The molecule has 0 bridgehead atoms. The minimum atomic E-state index is -0.428. The summed E-state index contributed by atoms with van der Waals surface area (Å²) in [6, 6.07) is 9.90. The summed E-state index contributed by atoms with van der Waals surface area (Å²) in [5.74, 6) is 1.35. The highest BCUT2D eigenvalue weighted by Gasteiger charge is 2.25. The van der Waals surface area contributed by atoms with Crippen molar-refractivity contribution in [2.75, 3.05) is 6.61 Å². The largest absolute Gasteiger partial charge is 0.368 e. The lowest BCUT2D eigenvalue weighted by Crippen LogP contribution is -2.37. The molecule has 5 heteroatoms. The van der Waals surface area contributed by atoms with Gasteiger partial charge < -0.3 is 15.0 Å². The number of nitrogens with one attached hydrogen (secondary N) is 2. The Hall–Kier alpha value is -2.14. The number of H-pyrrole nitrogens is 1. The average molecular weight is 327 g/mol. The highest BCUT2D eigenvalue weighted by molar-refractivity contribution is 5.80. The van der Waals surface area contributed by atoms with Crippen LogP contribution in [0.3, 0.4) is 0 Å². The van der Waals surface area contributed by atoms with Gasteiger partial charge in [0.1, 0.15) is 11.9 Å². The van der Waals surface area contributed by atoms with Crippen LogP contribution in [0.1, 0.15) is 45.0 Å². The van der Waals surface area contributed by atoms with Crippen molar-refractivity contribution in [2.24, 2.45) is 5.92 Å². The van der Waals surface area contributed by atoms with Crippen LogP contribution in [0.15, 0.2) is 36.5 Å². The van der Waals surface area contributed by atoms with Gasteiger partial charge in [-0.15, -0.1) is 0 Å². The van der Waals surface area contributed by atoms with Crippen molar-refractivity contribution in [2.45, 2.75) is 45.3 Å². The van der Waals surface area contributed by atoms with Crippen molar-refractivity contribution in [1.29, 1.82) is 0 Å². The number of benzene rings is 1. The molecule has 1 aliphatic carbocycles. The smallest absolute Gasteiger partial charge is 0.249 e. The van der Waals surface area contributed by atoms with Crippen LogP contribution < -0.4 is 5.32 Å². The normalized spacial score (nSPS) is 16.6. The number of aromatic nitrogens is 2. The van der Waals surface area contributed by atoms with Gasteiger partial charge in [-0.25, -0.2) is 4.98 Å². The first kappa shape index (κ1) is 16.7. The average Bonchev–Trinajstić information content (AvgIpc) is 3.32. The van der Waals surface area contributed by atoms with Crippen molar-refractivity contribution < 1.29 is 9.53 Å². The third kappa shape index (κ3) is 4.23. The molecule has 1 amide bonds. The number of aromatic amines is 1. The molecule has 1 saturated carbocycles. The number of ether oxygens (including phenoxy) is 1. The molecule has 2 aromatic rings. The highest BCUT2D eigenvalue weighted by Crippen LogP contribution is 2.29. The Morgan fingerprint density at radius 2 is 2.12 bits per heavy atom. The van der Waals surface area contributed by atoms with Crippen molar-refractivity contribution >= 4 is 5.91 Å². The Morgan fingerprint density at radius 3 is 2.79 bits per heavy atom. The lowest BCUT2D eigenvalue weighted by atomic mass is 10.2. The van der Waals surface area contributed by atoms with Gasteiger partial charge in [0.2, 0.25) is 5.91 Å². The second-order valence-electron chi connectivity index (χ2n) is 6.44. The molecule has 0 aliphatic heterocycles. The van der Waals surface area contributed by atoms with Crippen LogP contribution in [0.5, 0.6) is 0 Å². The second-order valence-corrected chi connectivity index (χ2v) is 6.44.